The SMILES string of the molecule is C[SH](C)(C)(c1ccccc1)c1nc2c(N)ncnc2[nH]1. The quantitative estimate of drug-likeness (QED) is 0.632. The van der Waals surface area contributed by atoms with Crippen LogP contribution in [0.1, 0.15) is 0 Å². The van der Waals surface area contributed by atoms with Crippen molar-refractivity contribution in [2.24, 2.45) is 0 Å². The molecule has 2 aromatic heterocycles. The number of nitrogens with zero attached hydrogens (tertiary/aromatic N) is 3. The van der Waals surface area contributed by atoms with Crippen LogP contribution in [0.25, 0.3) is 11.2 Å². The Morgan fingerprint density at radius 3 is 2.40 bits per heavy atom. The van der Waals surface area contributed by atoms with E-state index in [1.807, 2.05) is 6.07 Å². The van der Waals surface area contributed by atoms with Gasteiger partial charge >= 0.3 is 0 Å². The predicted molar refractivity (Wildman–Crippen MR) is 85.8 cm³/mol. The molecule has 2 heterocycles. The van der Waals surface area contributed by atoms with Gasteiger partial charge in [0.25, 0.3) is 0 Å². The Morgan fingerprint density at radius 1 is 1.05 bits per heavy atom. The third kappa shape index (κ3) is 1.84. The van der Waals surface area contributed by atoms with Crippen LogP contribution in [0.3, 0.4) is 0 Å². The number of aromatic amines is 1. The summed E-state index contributed by atoms with van der Waals surface area (Å²) in [4.78, 5) is 17.5. The van der Waals surface area contributed by atoms with Gasteiger partial charge in [-0.15, -0.1) is 0 Å². The standard InChI is InChI=1S/C14H19N5S/c1-20(2,3,10-7-5-4-6-8-10)14-18-11-12(15)16-9-17-13(11)19-14/h4-9,20H,1-3H3,(H3,15,16,17,18,19). The normalized spacial score (nSPS) is 14.1. The number of hydrogen-bond donors (Lipinski definition) is 3. The average molecular weight is 289 g/mol. The van der Waals surface area contributed by atoms with Gasteiger partial charge in [0.15, 0.2) is 17.0 Å². The molecule has 6 heteroatoms. The van der Waals surface area contributed by atoms with Gasteiger partial charge in [0.05, 0.1) is 0 Å². The molecule has 0 bridgehead atoms. The van der Waals surface area contributed by atoms with E-state index in [0.29, 0.717) is 17.0 Å². The number of nitrogen functional groups attached to an aromatic ring is 1. The van der Waals surface area contributed by atoms with Gasteiger partial charge in [-0.1, -0.05) is 30.3 Å². The first-order chi connectivity index (χ1) is 9.37. The van der Waals surface area contributed by atoms with Crippen LogP contribution in [0, 0.1) is 0 Å². The van der Waals surface area contributed by atoms with Crippen molar-refractivity contribution in [3.8, 4) is 0 Å². The number of nitrogens with one attached hydrogen (secondary N) is 1. The van der Waals surface area contributed by atoms with Crippen LogP contribution in [0.4, 0.5) is 5.82 Å². The molecule has 0 fully saturated rings. The zero-order valence-electron chi connectivity index (χ0n) is 11.8. The topological polar surface area (TPSA) is 80.5 Å². The highest BCUT2D eigenvalue weighted by atomic mass is 32.3. The first kappa shape index (κ1) is 12.9. The molecule has 0 amide bonds. The van der Waals surface area contributed by atoms with Gasteiger partial charge in [0, 0.05) is 0 Å². The fraction of sp³-hybridized carbons (Fsp3) is 0.214. The minimum absolute atomic E-state index is 0.414. The monoisotopic (exact) mass is 289 g/mol. The summed E-state index contributed by atoms with van der Waals surface area (Å²) >= 11 is 0. The first-order valence-corrected chi connectivity index (χ1v) is 9.98. The van der Waals surface area contributed by atoms with Crippen molar-refractivity contribution in [2.45, 2.75) is 10.1 Å². The lowest BCUT2D eigenvalue weighted by Crippen LogP contribution is -2.15. The second-order valence-corrected chi connectivity index (χ2v) is 12.7. The Hall–Kier alpha value is -2.08. The Morgan fingerprint density at radius 2 is 1.75 bits per heavy atom. The van der Waals surface area contributed by atoms with E-state index < -0.39 is 9.16 Å². The fourth-order valence-corrected chi connectivity index (χ4v) is 4.68. The number of hydrogen-bond acceptors (Lipinski definition) is 4. The molecular formula is C14H19N5S. The number of H-pyrrole nitrogens is 1. The minimum atomic E-state index is -2.34. The second-order valence-electron chi connectivity index (χ2n) is 6.15. The summed E-state index contributed by atoms with van der Waals surface area (Å²) in [6.07, 6.45) is 8.25. The van der Waals surface area contributed by atoms with Gasteiger partial charge in [-0.25, -0.2) is 24.1 Å². The van der Waals surface area contributed by atoms with Crippen molar-refractivity contribution >= 4 is 26.1 Å². The first-order valence-electron chi connectivity index (χ1n) is 6.40. The molecule has 106 valence electrons. The lowest BCUT2D eigenvalue weighted by molar-refractivity contribution is 1.04. The summed E-state index contributed by atoms with van der Waals surface area (Å²) < 4.78 is 0. The van der Waals surface area contributed by atoms with E-state index >= 15 is 0 Å². The molecule has 0 aliphatic heterocycles. The third-order valence-corrected chi connectivity index (χ3v) is 7.50. The lowest BCUT2D eigenvalue weighted by Gasteiger charge is -2.49. The second kappa shape index (κ2) is 3.96. The van der Waals surface area contributed by atoms with Crippen molar-refractivity contribution in [2.75, 3.05) is 24.5 Å². The van der Waals surface area contributed by atoms with Crippen molar-refractivity contribution in [1.29, 1.82) is 0 Å². The van der Waals surface area contributed by atoms with Crippen molar-refractivity contribution in [3.05, 3.63) is 36.7 Å². The number of imidazole rings is 1. The summed E-state index contributed by atoms with van der Waals surface area (Å²) in [5.74, 6) is 0.414. The van der Waals surface area contributed by atoms with Crippen molar-refractivity contribution < 1.29 is 0 Å². The van der Waals surface area contributed by atoms with E-state index in [1.54, 1.807) is 0 Å². The van der Waals surface area contributed by atoms with Crippen LogP contribution >= 0.6 is 9.16 Å². The lowest BCUT2D eigenvalue weighted by atomic mass is 10.4. The fourth-order valence-electron chi connectivity index (χ4n) is 2.28. The molecule has 3 N–H and O–H groups in total. The van der Waals surface area contributed by atoms with Gasteiger partial charge in [-0.05, 0) is 23.7 Å². The van der Waals surface area contributed by atoms with Crippen molar-refractivity contribution in [1.82, 2.24) is 19.9 Å². The number of benzene rings is 1. The highest BCUT2D eigenvalue weighted by Gasteiger charge is 2.33. The zero-order chi connectivity index (χ0) is 14.4. The highest BCUT2D eigenvalue weighted by molar-refractivity contribution is 8.48. The molecule has 0 spiro atoms. The van der Waals surface area contributed by atoms with Crippen molar-refractivity contribution in [3.63, 3.8) is 0 Å². The Labute approximate surface area is 118 Å². The molecule has 0 unspecified atom stereocenters. The minimum Gasteiger partial charge on any atom is -0.382 e. The van der Waals surface area contributed by atoms with Gasteiger partial charge in [0.1, 0.15) is 11.5 Å². The smallest absolute Gasteiger partial charge is 0.163 e. The van der Waals surface area contributed by atoms with Crippen LogP contribution in [0.15, 0.2) is 46.7 Å². The molecule has 1 aromatic carbocycles. The summed E-state index contributed by atoms with van der Waals surface area (Å²) in [6, 6.07) is 10.5. The Bertz CT molecular complexity index is 770. The van der Waals surface area contributed by atoms with Gasteiger partial charge < -0.3 is 10.7 Å². The molecular weight excluding hydrogens is 270 g/mol. The molecule has 0 aliphatic carbocycles. The molecule has 0 atom stereocenters. The Balaban J connectivity index is 2.26. The van der Waals surface area contributed by atoms with Gasteiger partial charge in [0.2, 0.25) is 0 Å². The van der Waals surface area contributed by atoms with E-state index in [9.17, 15) is 0 Å². The van der Waals surface area contributed by atoms with E-state index in [-0.39, 0.29) is 0 Å². The number of rotatable bonds is 2. The molecule has 0 saturated heterocycles. The molecule has 3 rings (SSSR count). The molecule has 0 saturated carbocycles. The summed E-state index contributed by atoms with van der Waals surface area (Å²) in [5, 5.41) is 0.949. The predicted octanol–water partition coefficient (Wildman–Crippen LogP) is 2.32. The van der Waals surface area contributed by atoms with Gasteiger partial charge in [-0.2, -0.15) is 0 Å². The third-order valence-electron chi connectivity index (χ3n) is 3.70. The molecule has 20 heavy (non-hydrogen) atoms. The zero-order valence-corrected chi connectivity index (χ0v) is 12.7. The number of nitrogens with two attached hydrogens (primary N) is 1. The molecule has 0 aliphatic rings. The number of aromatic nitrogens is 4. The van der Waals surface area contributed by atoms with Crippen LogP contribution in [0.2, 0.25) is 0 Å². The number of thiol groups is 1. The molecule has 3 aromatic rings. The average Bonchev–Trinajstić information content (AvgIpc) is 2.86. The molecule has 5 nitrogen and oxygen atoms in total. The van der Waals surface area contributed by atoms with E-state index in [1.165, 1.54) is 11.2 Å². The highest BCUT2D eigenvalue weighted by Crippen LogP contribution is 2.71. The summed E-state index contributed by atoms with van der Waals surface area (Å²) in [5.41, 5.74) is 7.22. The Kier molecular flexibility index (Phi) is 2.56. The summed E-state index contributed by atoms with van der Waals surface area (Å²) in [6.45, 7) is 0. The maximum atomic E-state index is 5.88. The van der Waals surface area contributed by atoms with Crippen LogP contribution in [0.5, 0.6) is 0 Å². The number of fused-ring (bicyclic) bond motifs is 1. The maximum Gasteiger partial charge on any atom is 0.163 e. The van der Waals surface area contributed by atoms with E-state index in [0.717, 1.165) is 5.16 Å². The summed E-state index contributed by atoms with van der Waals surface area (Å²) in [7, 11) is -2.34. The molecule has 0 radical (unpaired) electrons. The van der Waals surface area contributed by atoms with Crippen LogP contribution in [-0.4, -0.2) is 38.7 Å². The maximum absolute atomic E-state index is 5.88. The van der Waals surface area contributed by atoms with E-state index in [2.05, 4.69) is 63.0 Å². The number of anilines is 1. The van der Waals surface area contributed by atoms with Gasteiger partial charge in [-0.3, -0.25) is 0 Å². The van der Waals surface area contributed by atoms with Crippen LogP contribution in [-0.2, 0) is 0 Å². The largest absolute Gasteiger partial charge is 0.382 e. The van der Waals surface area contributed by atoms with E-state index in [4.69, 9.17) is 5.73 Å². The van der Waals surface area contributed by atoms with Crippen LogP contribution < -0.4 is 5.73 Å².